The van der Waals surface area contributed by atoms with Gasteiger partial charge >= 0.3 is 0 Å². The molecule has 0 saturated heterocycles. The maximum absolute atomic E-state index is 10.9. The molecule has 1 aromatic rings. The molecule has 0 bridgehead atoms. The van der Waals surface area contributed by atoms with Crippen molar-refractivity contribution < 1.29 is 8.42 Å². The Morgan fingerprint density at radius 3 is 2.29 bits per heavy atom. The van der Waals surface area contributed by atoms with Crippen LogP contribution in [-0.2, 0) is 10.0 Å². The van der Waals surface area contributed by atoms with Crippen molar-refractivity contribution in [3.8, 4) is 0 Å². The van der Waals surface area contributed by atoms with Gasteiger partial charge in [-0.2, -0.15) is 0 Å². The molecular formula is C8H9Cl2NO2S. The molecule has 0 fully saturated rings. The van der Waals surface area contributed by atoms with Crippen molar-refractivity contribution >= 4 is 38.9 Å². The predicted octanol–water partition coefficient (Wildman–Crippen LogP) is 2.67. The van der Waals surface area contributed by atoms with E-state index in [1.165, 1.54) is 6.07 Å². The van der Waals surface area contributed by atoms with Crippen LogP contribution in [0.25, 0.3) is 0 Å². The standard InChI is InChI=1S/C8H9Cl2NO2S/c1-5-3-7(10)8(4-6(5)9)11-14(2,12)13/h3-4,11H,1-2H3. The highest BCUT2D eigenvalue weighted by molar-refractivity contribution is 7.92. The summed E-state index contributed by atoms with van der Waals surface area (Å²) in [7, 11) is -3.32. The average Bonchev–Trinajstić information content (AvgIpc) is 1.97. The van der Waals surface area contributed by atoms with Gasteiger partial charge in [-0.1, -0.05) is 23.2 Å². The van der Waals surface area contributed by atoms with Crippen LogP contribution in [0, 0.1) is 6.92 Å². The normalized spacial score (nSPS) is 11.4. The quantitative estimate of drug-likeness (QED) is 0.881. The molecule has 0 aliphatic carbocycles. The number of sulfonamides is 1. The van der Waals surface area contributed by atoms with E-state index in [-0.39, 0.29) is 0 Å². The van der Waals surface area contributed by atoms with Crippen LogP contribution in [0.3, 0.4) is 0 Å². The molecule has 0 unspecified atom stereocenters. The van der Waals surface area contributed by atoms with Crippen LogP contribution < -0.4 is 4.72 Å². The summed E-state index contributed by atoms with van der Waals surface area (Å²) in [5.41, 5.74) is 1.10. The summed E-state index contributed by atoms with van der Waals surface area (Å²) in [4.78, 5) is 0. The smallest absolute Gasteiger partial charge is 0.229 e. The first kappa shape index (κ1) is 11.6. The molecular weight excluding hydrogens is 245 g/mol. The Kier molecular flexibility index (Phi) is 3.29. The lowest BCUT2D eigenvalue weighted by atomic mass is 10.2. The van der Waals surface area contributed by atoms with Gasteiger partial charge in [0.2, 0.25) is 10.0 Å². The number of nitrogens with one attached hydrogen (secondary N) is 1. The zero-order valence-corrected chi connectivity index (χ0v) is 9.96. The second-order valence-corrected chi connectivity index (χ2v) is 5.52. The van der Waals surface area contributed by atoms with Gasteiger partial charge in [0.25, 0.3) is 0 Å². The number of benzene rings is 1. The lowest BCUT2D eigenvalue weighted by molar-refractivity contribution is 0.607. The fourth-order valence-electron chi connectivity index (χ4n) is 0.924. The average molecular weight is 254 g/mol. The van der Waals surface area contributed by atoms with Crippen molar-refractivity contribution in [1.82, 2.24) is 0 Å². The Labute approximate surface area is 93.1 Å². The van der Waals surface area contributed by atoms with Gasteiger partial charge in [-0.25, -0.2) is 8.42 Å². The third-order valence-electron chi connectivity index (χ3n) is 1.54. The van der Waals surface area contributed by atoms with Crippen molar-refractivity contribution in [1.29, 1.82) is 0 Å². The molecule has 1 aromatic carbocycles. The Bertz CT molecular complexity index is 457. The van der Waals surface area contributed by atoms with Crippen LogP contribution in [-0.4, -0.2) is 14.7 Å². The van der Waals surface area contributed by atoms with Crippen LogP contribution in [0.2, 0.25) is 10.0 Å². The Morgan fingerprint density at radius 1 is 1.21 bits per heavy atom. The van der Waals surface area contributed by atoms with Crippen molar-refractivity contribution in [3.63, 3.8) is 0 Å². The minimum absolute atomic E-state index is 0.296. The zero-order valence-electron chi connectivity index (χ0n) is 7.64. The van der Waals surface area contributed by atoms with E-state index in [4.69, 9.17) is 23.2 Å². The summed E-state index contributed by atoms with van der Waals surface area (Å²) in [5, 5.41) is 0.804. The third-order valence-corrected chi connectivity index (χ3v) is 2.85. The van der Waals surface area contributed by atoms with Crippen molar-refractivity contribution in [3.05, 3.63) is 27.7 Å². The topological polar surface area (TPSA) is 46.2 Å². The number of anilines is 1. The first-order valence-corrected chi connectivity index (χ1v) is 6.38. The molecule has 0 aromatic heterocycles. The summed E-state index contributed by atoms with van der Waals surface area (Å²) in [5.74, 6) is 0. The number of halogens is 2. The molecule has 0 heterocycles. The summed E-state index contributed by atoms with van der Waals surface area (Å²) in [6.45, 7) is 1.79. The fourth-order valence-corrected chi connectivity index (χ4v) is 1.98. The molecule has 0 amide bonds. The van der Waals surface area contributed by atoms with Gasteiger partial charge in [-0.3, -0.25) is 4.72 Å². The van der Waals surface area contributed by atoms with Crippen LogP contribution in [0.5, 0.6) is 0 Å². The molecule has 14 heavy (non-hydrogen) atoms. The number of aryl methyl sites for hydroxylation is 1. The van der Waals surface area contributed by atoms with E-state index in [0.29, 0.717) is 15.7 Å². The van der Waals surface area contributed by atoms with Crippen LogP contribution >= 0.6 is 23.2 Å². The molecule has 3 nitrogen and oxygen atoms in total. The lowest BCUT2D eigenvalue weighted by Crippen LogP contribution is -2.09. The minimum Gasteiger partial charge on any atom is -0.282 e. The molecule has 1 rings (SSSR count). The molecule has 0 atom stereocenters. The highest BCUT2D eigenvalue weighted by atomic mass is 35.5. The van der Waals surface area contributed by atoms with Gasteiger partial charge < -0.3 is 0 Å². The second kappa shape index (κ2) is 3.96. The molecule has 1 N–H and O–H groups in total. The zero-order chi connectivity index (χ0) is 10.9. The minimum atomic E-state index is -3.32. The maximum Gasteiger partial charge on any atom is 0.229 e. The summed E-state index contributed by atoms with van der Waals surface area (Å²) in [6.07, 6.45) is 1.05. The third kappa shape index (κ3) is 3.04. The van der Waals surface area contributed by atoms with Gasteiger partial charge in [-0.15, -0.1) is 0 Å². The first-order chi connectivity index (χ1) is 6.29. The van der Waals surface area contributed by atoms with Gasteiger partial charge in [0.15, 0.2) is 0 Å². The van der Waals surface area contributed by atoms with Gasteiger partial charge in [-0.05, 0) is 24.6 Å². The first-order valence-electron chi connectivity index (χ1n) is 3.73. The predicted molar refractivity (Wildman–Crippen MR) is 59.7 cm³/mol. The summed E-state index contributed by atoms with van der Waals surface area (Å²) in [6, 6.07) is 3.09. The van der Waals surface area contributed by atoms with Crippen molar-refractivity contribution in [2.45, 2.75) is 6.92 Å². The lowest BCUT2D eigenvalue weighted by Gasteiger charge is -2.08. The van der Waals surface area contributed by atoms with E-state index in [9.17, 15) is 8.42 Å². The van der Waals surface area contributed by atoms with Gasteiger partial charge in [0.05, 0.1) is 17.0 Å². The van der Waals surface area contributed by atoms with Crippen molar-refractivity contribution in [2.24, 2.45) is 0 Å². The monoisotopic (exact) mass is 253 g/mol. The molecule has 0 radical (unpaired) electrons. The maximum atomic E-state index is 10.9. The molecule has 78 valence electrons. The second-order valence-electron chi connectivity index (χ2n) is 2.96. The van der Waals surface area contributed by atoms with Crippen LogP contribution in [0.1, 0.15) is 5.56 Å². The van der Waals surface area contributed by atoms with E-state index in [1.54, 1.807) is 13.0 Å². The SMILES string of the molecule is Cc1cc(Cl)c(NS(C)(=O)=O)cc1Cl. The fraction of sp³-hybridized carbons (Fsp3) is 0.250. The van der Waals surface area contributed by atoms with E-state index in [1.807, 2.05) is 0 Å². The molecule has 0 aliphatic heterocycles. The van der Waals surface area contributed by atoms with Crippen LogP contribution in [0.4, 0.5) is 5.69 Å². The Morgan fingerprint density at radius 2 is 1.79 bits per heavy atom. The van der Waals surface area contributed by atoms with E-state index in [0.717, 1.165) is 11.8 Å². The Balaban J connectivity index is 3.17. The van der Waals surface area contributed by atoms with E-state index >= 15 is 0 Å². The molecule has 0 spiro atoms. The van der Waals surface area contributed by atoms with Crippen molar-refractivity contribution in [2.75, 3.05) is 11.0 Å². The highest BCUT2D eigenvalue weighted by Gasteiger charge is 2.08. The number of rotatable bonds is 2. The van der Waals surface area contributed by atoms with E-state index < -0.39 is 10.0 Å². The van der Waals surface area contributed by atoms with Gasteiger partial charge in [0, 0.05) is 5.02 Å². The molecule has 6 heteroatoms. The van der Waals surface area contributed by atoms with Gasteiger partial charge in [0.1, 0.15) is 0 Å². The Hall–Kier alpha value is -0.450. The number of hydrogen-bond acceptors (Lipinski definition) is 2. The summed E-state index contributed by atoms with van der Waals surface area (Å²) < 4.78 is 24.1. The number of hydrogen-bond donors (Lipinski definition) is 1. The molecule has 0 aliphatic rings. The summed E-state index contributed by atoms with van der Waals surface area (Å²) >= 11 is 11.6. The van der Waals surface area contributed by atoms with E-state index in [2.05, 4.69) is 4.72 Å². The van der Waals surface area contributed by atoms with Crippen LogP contribution in [0.15, 0.2) is 12.1 Å². The largest absolute Gasteiger partial charge is 0.282 e. The highest BCUT2D eigenvalue weighted by Crippen LogP contribution is 2.29. The molecule has 0 saturated carbocycles.